The molecule has 1 aromatic carbocycles. The largest absolute Gasteiger partial charge is 0.359 e. The minimum atomic E-state index is 0.360. The fraction of sp³-hybridized carbons (Fsp3) is 0.412. The predicted octanol–water partition coefficient (Wildman–Crippen LogP) is 3.71. The molecule has 0 radical (unpaired) electrons. The van der Waals surface area contributed by atoms with E-state index in [4.69, 9.17) is 16.1 Å². The highest BCUT2D eigenvalue weighted by Gasteiger charge is 2.08. The van der Waals surface area contributed by atoms with Crippen LogP contribution in [0.15, 0.2) is 39.8 Å². The summed E-state index contributed by atoms with van der Waals surface area (Å²) in [5.74, 6) is 1.90. The molecule has 0 unspecified atom stereocenters. The molecule has 0 saturated heterocycles. The second-order valence-electron chi connectivity index (χ2n) is 5.55. The molecule has 0 saturated carbocycles. The zero-order valence-electron chi connectivity index (χ0n) is 13.8. The van der Waals surface area contributed by atoms with Gasteiger partial charge in [-0.1, -0.05) is 42.7 Å². The van der Waals surface area contributed by atoms with Gasteiger partial charge >= 0.3 is 0 Å². The quantitative estimate of drug-likeness (QED) is 0.624. The molecule has 0 atom stereocenters. The standard InChI is InChI=1S/C17H23ClN4O/c1-4-19-17(20-10-13-5-7-14(18)8-6-13)21-11-15-9-16(12(2)3)22-23-15/h5-9,12H,4,10-11H2,1-3H3,(H2,19,20,21). The van der Waals surface area contributed by atoms with Crippen LogP contribution in [0.5, 0.6) is 0 Å². The molecule has 2 N–H and O–H groups in total. The summed E-state index contributed by atoms with van der Waals surface area (Å²) in [5, 5.41) is 11.2. The Morgan fingerprint density at radius 2 is 2.00 bits per heavy atom. The Balaban J connectivity index is 1.94. The van der Waals surface area contributed by atoms with E-state index in [0.29, 0.717) is 19.0 Å². The van der Waals surface area contributed by atoms with E-state index in [1.54, 1.807) is 0 Å². The van der Waals surface area contributed by atoms with Crippen molar-refractivity contribution in [2.24, 2.45) is 4.99 Å². The van der Waals surface area contributed by atoms with Gasteiger partial charge in [-0.3, -0.25) is 0 Å². The van der Waals surface area contributed by atoms with Crippen molar-refractivity contribution in [1.82, 2.24) is 15.8 Å². The Bertz CT molecular complexity index is 634. The fourth-order valence-electron chi connectivity index (χ4n) is 1.96. The number of guanidine groups is 1. The van der Waals surface area contributed by atoms with E-state index in [1.165, 1.54) is 0 Å². The van der Waals surface area contributed by atoms with Crippen LogP contribution in [-0.4, -0.2) is 17.7 Å². The number of nitrogens with zero attached hydrogens (tertiary/aromatic N) is 2. The zero-order valence-corrected chi connectivity index (χ0v) is 14.5. The van der Waals surface area contributed by atoms with Gasteiger partial charge in [-0.05, 0) is 30.5 Å². The van der Waals surface area contributed by atoms with Crippen LogP contribution in [-0.2, 0) is 13.1 Å². The molecule has 0 amide bonds. The van der Waals surface area contributed by atoms with Gasteiger partial charge in [0.2, 0.25) is 0 Å². The minimum Gasteiger partial charge on any atom is -0.359 e. The third kappa shape index (κ3) is 5.60. The van der Waals surface area contributed by atoms with Gasteiger partial charge in [0, 0.05) is 17.6 Å². The van der Waals surface area contributed by atoms with E-state index in [-0.39, 0.29) is 0 Å². The molecule has 6 heteroatoms. The summed E-state index contributed by atoms with van der Waals surface area (Å²) >= 11 is 5.89. The Labute approximate surface area is 142 Å². The van der Waals surface area contributed by atoms with Gasteiger partial charge in [-0.15, -0.1) is 0 Å². The van der Waals surface area contributed by atoms with Crippen LogP contribution in [0.4, 0.5) is 0 Å². The first-order valence-corrected chi connectivity index (χ1v) is 8.18. The molecule has 5 nitrogen and oxygen atoms in total. The van der Waals surface area contributed by atoms with Crippen molar-refractivity contribution in [3.8, 4) is 0 Å². The number of nitrogens with one attached hydrogen (secondary N) is 2. The predicted molar refractivity (Wildman–Crippen MR) is 93.7 cm³/mol. The van der Waals surface area contributed by atoms with Crippen molar-refractivity contribution in [2.75, 3.05) is 6.54 Å². The lowest BCUT2D eigenvalue weighted by Crippen LogP contribution is -2.36. The van der Waals surface area contributed by atoms with Gasteiger partial charge in [0.15, 0.2) is 11.7 Å². The number of hydrogen-bond donors (Lipinski definition) is 2. The van der Waals surface area contributed by atoms with Gasteiger partial charge in [0.1, 0.15) is 0 Å². The molecule has 0 aliphatic carbocycles. The second kappa shape index (κ2) is 8.58. The second-order valence-corrected chi connectivity index (χ2v) is 5.98. The van der Waals surface area contributed by atoms with Crippen molar-refractivity contribution in [3.63, 3.8) is 0 Å². The van der Waals surface area contributed by atoms with Crippen LogP contribution < -0.4 is 10.6 Å². The van der Waals surface area contributed by atoms with Gasteiger partial charge in [0.25, 0.3) is 0 Å². The van der Waals surface area contributed by atoms with Crippen LogP contribution >= 0.6 is 11.6 Å². The molecule has 23 heavy (non-hydrogen) atoms. The SMILES string of the molecule is CCNC(=NCc1ccc(Cl)cc1)NCc1cc(C(C)C)no1. The summed E-state index contributed by atoms with van der Waals surface area (Å²) in [6, 6.07) is 9.66. The zero-order chi connectivity index (χ0) is 16.7. The summed E-state index contributed by atoms with van der Waals surface area (Å²) in [5.41, 5.74) is 2.07. The van der Waals surface area contributed by atoms with Gasteiger partial charge in [0.05, 0.1) is 18.8 Å². The van der Waals surface area contributed by atoms with Crippen molar-refractivity contribution in [1.29, 1.82) is 0 Å². The lowest BCUT2D eigenvalue weighted by molar-refractivity contribution is 0.372. The van der Waals surface area contributed by atoms with Gasteiger partial charge in [-0.2, -0.15) is 0 Å². The maximum absolute atomic E-state index is 5.89. The highest BCUT2D eigenvalue weighted by atomic mass is 35.5. The Hall–Kier alpha value is -2.01. The molecule has 0 aliphatic rings. The van der Waals surface area contributed by atoms with E-state index < -0.39 is 0 Å². The first-order valence-electron chi connectivity index (χ1n) is 7.80. The topological polar surface area (TPSA) is 62.5 Å². The van der Waals surface area contributed by atoms with E-state index in [1.807, 2.05) is 37.3 Å². The molecule has 0 aliphatic heterocycles. The maximum Gasteiger partial charge on any atom is 0.191 e. The average Bonchev–Trinajstić information content (AvgIpc) is 3.01. The third-order valence-electron chi connectivity index (χ3n) is 3.28. The first-order chi connectivity index (χ1) is 11.1. The molecular formula is C17H23ClN4O. The van der Waals surface area contributed by atoms with Crippen LogP contribution in [0.1, 0.15) is 43.7 Å². The number of benzene rings is 1. The number of aromatic nitrogens is 1. The molecule has 0 fully saturated rings. The van der Waals surface area contributed by atoms with Crippen molar-refractivity contribution in [3.05, 3.63) is 52.4 Å². The summed E-state index contributed by atoms with van der Waals surface area (Å²) in [6.07, 6.45) is 0. The third-order valence-corrected chi connectivity index (χ3v) is 3.53. The smallest absolute Gasteiger partial charge is 0.191 e. The van der Waals surface area contributed by atoms with Crippen LogP contribution in [0, 0.1) is 0 Å². The van der Waals surface area contributed by atoms with Crippen LogP contribution in [0.3, 0.4) is 0 Å². The van der Waals surface area contributed by atoms with Crippen molar-refractivity contribution >= 4 is 17.6 Å². The number of rotatable bonds is 6. The Kier molecular flexibility index (Phi) is 6.47. The monoisotopic (exact) mass is 334 g/mol. The van der Waals surface area contributed by atoms with E-state index in [9.17, 15) is 0 Å². The van der Waals surface area contributed by atoms with Crippen molar-refractivity contribution in [2.45, 2.75) is 39.8 Å². The van der Waals surface area contributed by atoms with E-state index >= 15 is 0 Å². The normalized spacial score (nSPS) is 11.8. The molecule has 1 heterocycles. The maximum atomic E-state index is 5.89. The van der Waals surface area contributed by atoms with Gasteiger partial charge < -0.3 is 15.2 Å². The summed E-state index contributed by atoms with van der Waals surface area (Å²) in [4.78, 5) is 4.56. The molecule has 0 spiro atoms. The highest BCUT2D eigenvalue weighted by molar-refractivity contribution is 6.30. The van der Waals surface area contributed by atoms with E-state index in [0.717, 1.165) is 34.5 Å². The fourth-order valence-corrected chi connectivity index (χ4v) is 2.08. The average molecular weight is 335 g/mol. The highest BCUT2D eigenvalue weighted by Crippen LogP contribution is 2.13. The summed E-state index contributed by atoms with van der Waals surface area (Å²) < 4.78 is 5.32. The molecule has 2 aromatic rings. The van der Waals surface area contributed by atoms with E-state index in [2.05, 4.69) is 34.6 Å². The lowest BCUT2D eigenvalue weighted by Gasteiger charge is -2.09. The molecule has 2 rings (SSSR count). The Morgan fingerprint density at radius 3 is 2.61 bits per heavy atom. The summed E-state index contributed by atoms with van der Waals surface area (Å²) in [6.45, 7) is 8.14. The van der Waals surface area contributed by atoms with Crippen LogP contribution in [0.2, 0.25) is 5.02 Å². The van der Waals surface area contributed by atoms with Crippen molar-refractivity contribution < 1.29 is 4.52 Å². The van der Waals surface area contributed by atoms with Crippen LogP contribution in [0.25, 0.3) is 0 Å². The summed E-state index contributed by atoms with van der Waals surface area (Å²) in [7, 11) is 0. The number of hydrogen-bond acceptors (Lipinski definition) is 3. The first kappa shape index (κ1) is 17.3. The lowest BCUT2D eigenvalue weighted by atomic mass is 10.1. The number of halogens is 1. The number of aliphatic imine (C=N–C) groups is 1. The van der Waals surface area contributed by atoms with Gasteiger partial charge in [-0.25, -0.2) is 4.99 Å². The minimum absolute atomic E-state index is 0.360. The molecule has 124 valence electrons. The Morgan fingerprint density at radius 1 is 1.26 bits per heavy atom. The molecule has 0 bridgehead atoms. The molecule has 1 aromatic heterocycles. The molecular weight excluding hydrogens is 312 g/mol.